The van der Waals surface area contributed by atoms with Gasteiger partial charge in [0.05, 0.1) is 101 Å². The predicted molar refractivity (Wildman–Crippen MR) is 292 cm³/mol. The first-order chi connectivity index (χ1) is 33.0. The lowest BCUT2D eigenvalue weighted by atomic mass is 10.2. The van der Waals surface area contributed by atoms with Crippen molar-refractivity contribution in [3.05, 3.63) is 63.6 Å². The highest BCUT2D eigenvalue weighted by molar-refractivity contribution is 7.99. The molecule has 2 unspecified atom stereocenters. The molecular weight excluding hydrogens is 995 g/mol. The third kappa shape index (κ3) is 24.0. The van der Waals surface area contributed by atoms with E-state index in [2.05, 4.69) is 28.8 Å². The fraction of sp³-hybridized carbons (Fsp3) is 0.560. The van der Waals surface area contributed by atoms with E-state index in [9.17, 15) is 0 Å². The Labute approximate surface area is 439 Å². The van der Waals surface area contributed by atoms with Crippen LogP contribution in [0.3, 0.4) is 0 Å². The Bertz CT molecular complexity index is 2150. The zero-order chi connectivity index (χ0) is 49.7. The van der Waals surface area contributed by atoms with Gasteiger partial charge in [0.2, 0.25) is 0 Å². The average Bonchev–Trinajstić information content (AvgIpc) is 3.92. The molecule has 2 aromatic carbocycles. The number of thioether (sulfide) groups is 1. The molecule has 402 valence electrons. The van der Waals surface area contributed by atoms with Crippen LogP contribution in [0.15, 0.2) is 47.6 Å². The molecule has 0 aliphatic carbocycles. The molecule has 0 bridgehead atoms. The fourth-order valence-electron chi connectivity index (χ4n) is 5.95. The van der Waals surface area contributed by atoms with E-state index >= 15 is 0 Å². The minimum atomic E-state index is -0.112. The lowest BCUT2D eigenvalue weighted by Gasteiger charge is -2.13. The number of nitrogen functional groups attached to an aromatic ring is 2. The van der Waals surface area contributed by atoms with Gasteiger partial charge in [-0.1, -0.05) is 40.5 Å². The summed E-state index contributed by atoms with van der Waals surface area (Å²) in [7, 11) is 3.29. The minimum Gasteiger partial charge on any atom is -0.490 e. The number of halogens is 2. The molecule has 0 spiro atoms. The topological polar surface area (TPSA) is 196 Å². The van der Waals surface area contributed by atoms with Gasteiger partial charge in [0.15, 0.2) is 28.2 Å². The molecular formula is C50H80ClFN6O10S3. The van der Waals surface area contributed by atoms with Crippen LogP contribution in [0.4, 0.5) is 16.3 Å². The molecule has 2 atom stereocenters. The molecule has 3 heterocycles. The van der Waals surface area contributed by atoms with Gasteiger partial charge in [0.1, 0.15) is 34.9 Å². The van der Waals surface area contributed by atoms with E-state index in [0.717, 1.165) is 42.3 Å². The van der Waals surface area contributed by atoms with Crippen LogP contribution >= 0.6 is 46.0 Å². The average molecular weight is 1080 g/mol. The number of alkyl halides is 1. The molecule has 0 fully saturated rings. The number of anilines is 2. The Hall–Kier alpha value is -4.09. The summed E-state index contributed by atoms with van der Waals surface area (Å²) in [4.78, 5) is 20.4. The van der Waals surface area contributed by atoms with E-state index in [-0.39, 0.29) is 30.2 Å². The maximum absolute atomic E-state index is 6.21. The summed E-state index contributed by atoms with van der Waals surface area (Å²) in [5, 5.41) is 2.26. The Kier molecular flexibility index (Phi) is 36.3. The van der Waals surface area contributed by atoms with Crippen molar-refractivity contribution in [1.29, 1.82) is 0 Å². The lowest BCUT2D eigenvalue weighted by molar-refractivity contribution is 0.0178. The maximum atomic E-state index is 6.21. The molecule has 5 rings (SSSR count). The maximum Gasteiger partial charge on any atom is 0.192 e. The van der Waals surface area contributed by atoms with Crippen molar-refractivity contribution in [2.24, 2.45) is 0 Å². The van der Waals surface area contributed by atoms with E-state index in [0.29, 0.717) is 132 Å². The van der Waals surface area contributed by atoms with Crippen LogP contribution in [-0.4, -0.2) is 127 Å². The van der Waals surface area contributed by atoms with Crippen molar-refractivity contribution in [3.8, 4) is 44.1 Å². The van der Waals surface area contributed by atoms with Crippen LogP contribution in [0.1, 0.15) is 88.2 Å². The first-order valence-corrected chi connectivity index (χ1v) is 25.7. The molecule has 0 saturated carbocycles. The van der Waals surface area contributed by atoms with E-state index in [1.54, 1.807) is 36.9 Å². The van der Waals surface area contributed by atoms with Gasteiger partial charge in [-0.2, -0.15) is 0 Å². The highest BCUT2D eigenvalue weighted by Gasteiger charge is 2.20. The zero-order valence-electron chi connectivity index (χ0n) is 41.6. The van der Waals surface area contributed by atoms with E-state index in [4.69, 9.17) is 75.4 Å². The molecule has 4 N–H and O–H groups in total. The van der Waals surface area contributed by atoms with Crippen molar-refractivity contribution in [1.82, 2.24) is 19.9 Å². The number of ether oxygens (including phenoxy) is 10. The van der Waals surface area contributed by atoms with Gasteiger partial charge in [-0.3, -0.25) is 4.70 Å². The minimum absolute atomic E-state index is 0. The highest BCUT2D eigenvalue weighted by atomic mass is 35.5. The zero-order valence-corrected chi connectivity index (χ0v) is 44.8. The molecule has 0 radical (unpaired) electrons. The fourth-order valence-corrected chi connectivity index (χ4v) is 9.28. The molecule has 0 aliphatic heterocycles. The van der Waals surface area contributed by atoms with E-state index in [1.165, 1.54) is 17.8 Å². The standard InChI is InChI=1S/C25H35N5O5S2.C21H30ClNO5S.C2H6.2CH4.FH/c1-5-34-20-14-18(6-7-19(20)35-13-12-33-11-10-32-9-8-31-4)24-30-23(16(2)36-24)17(3)37-25-28-21(26)15-22(27)29-25;1-5-27-19-14-17(21-23-20(15(2)22)16(3)29-21)6-7-18(19)28-13-12-26-11-10-25-9-8-24-4;1-2;;;/h6-7,14-15,17H,5,8-13H2,1-4H3,(H4,26,27,28,29);6-7,14-15H,5,8-13H2,1-4H3;1-2H3;2*1H4;1H. The second-order valence-corrected chi connectivity index (χ2v) is 18.5. The summed E-state index contributed by atoms with van der Waals surface area (Å²) in [6, 6.07) is 13.3. The molecule has 21 heteroatoms. The van der Waals surface area contributed by atoms with Gasteiger partial charge < -0.3 is 58.8 Å². The third-order valence-corrected chi connectivity index (χ3v) is 12.3. The van der Waals surface area contributed by atoms with Gasteiger partial charge in [-0.05, 0) is 77.9 Å². The number of nitrogens with two attached hydrogens (primary N) is 2. The monoisotopic (exact) mass is 1070 g/mol. The number of aromatic nitrogens is 4. The Balaban J connectivity index is 0.00000131. The lowest BCUT2D eigenvalue weighted by Crippen LogP contribution is -2.12. The molecule has 0 saturated heterocycles. The smallest absolute Gasteiger partial charge is 0.192 e. The van der Waals surface area contributed by atoms with Crippen LogP contribution in [0.2, 0.25) is 0 Å². The number of rotatable bonds is 30. The third-order valence-electron chi connectivity index (χ3n) is 9.01. The summed E-state index contributed by atoms with van der Waals surface area (Å²) in [5.74, 6) is 3.42. The summed E-state index contributed by atoms with van der Waals surface area (Å²) in [5.41, 5.74) is 15.5. The highest BCUT2D eigenvalue weighted by Crippen LogP contribution is 2.41. The van der Waals surface area contributed by atoms with Gasteiger partial charge in [-0.25, -0.2) is 19.9 Å². The molecule has 5 aromatic rings. The second kappa shape index (κ2) is 38.5. The number of methoxy groups -OCH3 is 2. The number of aryl methyl sites for hydroxylation is 2. The van der Waals surface area contributed by atoms with Gasteiger partial charge in [-0.15, -0.1) is 34.3 Å². The first-order valence-electron chi connectivity index (χ1n) is 22.7. The Morgan fingerprint density at radius 3 is 1.31 bits per heavy atom. The molecule has 16 nitrogen and oxygen atoms in total. The second-order valence-electron chi connectivity index (χ2n) is 14.1. The number of hydrogen-bond acceptors (Lipinski definition) is 19. The summed E-state index contributed by atoms with van der Waals surface area (Å²) in [6.07, 6.45) is 0. The van der Waals surface area contributed by atoms with Crippen molar-refractivity contribution in [3.63, 3.8) is 0 Å². The van der Waals surface area contributed by atoms with Crippen LogP contribution in [-0.2, 0) is 28.4 Å². The number of thiazole rings is 2. The van der Waals surface area contributed by atoms with Gasteiger partial charge in [0, 0.05) is 41.2 Å². The summed E-state index contributed by atoms with van der Waals surface area (Å²) < 4.78 is 55.0. The first kappa shape index (κ1) is 66.9. The van der Waals surface area contributed by atoms with E-state index < -0.39 is 0 Å². The van der Waals surface area contributed by atoms with Crippen molar-refractivity contribution in [2.75, 3.05) is 118 Å². The number of nitrogens with zero attached hydrogens (tertiary/aromatic N) is 4. The molecule has 0 amide bonds. The van der Waals surface area contributed by atoms with Crippen molar-refractivity contribution in [2.45, 2.75) is 86.0 Å². The van der Waals surface area contributed by atoms with Gasteiger partial charge >= 0.3 is 0 Å². The van der Waals surface area contributed by atoms with Crippen LogP contribution in [0, 0.1) is 13.8 Å². The number of benzene rings is 2. The molecule has 0 aliphatic rings. The van der Waals surface area contributed by atoms with Crippen LogP contribution in [0.25, 0.3) is 21.1 Å². The Morgan fingerprint density at radius 1 is 0.549 bits per heavy atom. The quantitative estimate of drug-likeness (QED) is 0.0190. The van der Waals surface area contributed by atoms with E-state index in [1.807, 2.05) is 77.9 Å². The van der Waals surface area contributed by atoms with Crippen LogP contribution in [0.5, 0.6) is 23.0 Å². The predicted octanol–water partition coefficient (Wildman–Crippen LogP) is 11.7. The number of hydrogen-bond donors (Lipinski definition) is 2. The SMILES string of the molecule is C.C.CC.CCOc1cc(-c2nc(C(C)Cl)c(C)s2)ccc1OCCOCCOCCOC.CCOc1cc(-c2nc(C(C)Sc3nc(N)cc(N)n3)c(C)s2)ccc1OCCOCCOCCOC.F. The summed E-state index contributed by atoms with van der Waals surface area (Å²) >= 11 is 10.9. The van der Waals surface area contributed by atoms with Gasteiger partial charge in [0.25, 0.3) is 0 Å². The molecule has 71 heavy (non-hydrogen) atoms. The Morgan fingerprint density at radius 2 is 0.930 bits per heavy atom. The van der Waals surface area contributed by atoms with Crippen molar-refractivity contribution < 1.29 is 52.1 Å². The largest absolute Gasteiger partial charge is 0.490 e. The van der Waals surface area contributed by atoms with Crippen molar-refractivity contribution >= 4 is 57.7 Å². The normalized spacial score (nSPS) is 11.3. The molecule has 3 aromatic heterocycles. The summed E-state index contributed by atoms with van der Waals surface area (Å²) in [6.45, 7) is 23.2. The van der Waals surface area contributed by atoms with Crippen LogP contribution < -0.4 is 30.4 Å².